The zero-order chi connectivity index (χ0) is 16.4. The van der Waals surface area contributed by atoms with Crippen LogP contribution in [-0.2, 0) is 4.74 Å². The van der Waals surface area contributed by atoms with Crippen LogP contribution in [0.3, 0.4) is 0 Å². The molecular formula is C18H13ClO4. The summed E-state index contributed by atoms with van der Waals surface area (Å²) in [5, 5.41) is 1.17. The number of rotatable bonds is 4. The fraction of sp³-hybridized carbons (Fsp3) is 0.111. The van der Waals surface area contributed by atoms with Crippen LogP contribution < -0.4 is 0 Å². The number of esters is 1. The van der Waals surface area contributed by atoms with E-state index in [0.717, 1.165) is 5.39 Å². The van der Waals surface area contributed by atoms with Gasteiger partial charge in [0.25, 0.3) is 0 Å². The third-order valence-electron chi connectivity index (χ3n) is 3.54. The third-order valence-corrected chi connectivity index (χ3v) is 3.87. The van der Waals surface area contributed by atoms with E-state index in [4.69, 9.17) is 20.8 Å². The van der Waals surface area contributed by atoms with Crippen molar-refractivity contribution in [3.63, 3.8) is 0 Å². The molecule has 23 heavy (non-hydrogen) atoms. The minimum Gasteiger partial charge on any atom is -0.451 e. The highest BCUT2D eigenvalue weighted by molar-refractivity contribution is 6.34. The molecule has 0 unspecified atom stereocenters. The maximum absolute atomic E-state index is 12.2. The molecule has 4 nitrogen and oxygen atoms in total. The molecule has 0 radical (unpaired) electrons. The molecule has 3 rings (SSSR count). The van der Waals surface area contributed by atoms with E-state index in [0.29, 0.717) is 21.7 Å². The van der Waals surface area contributed by atoms with Gasteiger partial charge in [0, 0.05) is 16.5 Å². The average molecular weight is 329 g/mol. The Bertz CT molecular complexity index is 895. The van der Waals surface area contributed by atoms with Crippen LogP contribution in [0.1, 0.15) is 26.5 Å². The van der Waals surface area contributed by atoms with Crippen LogP contribution in [-0.4, -0.2) is 18.4 Å². The van der Waals surface area contributed by atoms with E-state index < -0.39 is 5.97 Å². The lowest BCUT2D eigenvalue weighted by atomic mass is 10.1. The van der Waals surface area contributed by atoms with Crippen LogP contribution in [0, 0.1) is 6.92 Å². The largest absolute Gasteiger partial charge is 0.451 e. The van der Waals surface area contributed by atoms with Crippen molar-refractivity contribution < 1.29 is 18.7 Å². The number of ether oxygens (including phenoxy) is 1. The Kier molecular flexibility index (Phi) is 4.17. The Morgan fingerprint density at radius 3 is 2.52 bits per heavy atom. The molecule has 0 atom stereocenters. The first-order valence-electron chi connectivity index (χ1n) is 7.01. The summed E-state index contributed by atoms with van der Waals surface area (Å²) in [4.78, 5) is 24.2. The molecule has 0 amide bonds. The van der Waals surface area contributed by atoms with E-state index in [1.165, 1.54) is 0 Å². The summed E-state index contributed by atoms with van der Waals surface area (Å²) >= 11 is 5.95. The van der Waals surface area contributed by atoms with Crippen LogP contribution in [0.15, 0.2) is 52.9 Å². The van der Waals surface area contributed by atoms with Crippen LogP contribution in [0.2, 0.25) is 5.02 Å². The molecule has 0 aliphatic carbocycles. The van der Waals surface area contributed by atoms with Gasteiger partial charge in [-0.25, -0.2) is 4.79 Å². The first-order valence-corrected chi connectivity index (χ1v) is 7.38. The Balaban J connectivity index is 1.75. The minimum atomic E-state index is -0.667. The van der Waals surface area contributed by atoms with Gasteiger partial charge in [0.2, 0.25) is 11.5 Å². The third kappa shape index (κ3) is 2.98. The number of ketones is 1. The van der Waals surface area contributed by atoms with Crippen LogP contribution in [0.5, 0.6) is 0 Å². The maximum atomic E-state index is 12.2. The molecule has 2 aromatic carbocycles. The molecule has 0 saturated carbocycles. The van der Waals surface area contributed by atoms with Gasteiger partial charge in [-0.05, 0) is 25.1 Å². The molecule has 116 valence electrons. The van der Waals surface area contributed by atoms with Crippen molar-refractivity contribution >= 4 is 34.3 Å². The van der Waals surface area contributed by atoms with Gasteiger partial charge in [0.1, 0.15) is 5.58 Å². The van der Waals surface area contributed by atoms with Gasteiger partial charge in [0.15, 0.2) is 6.61 Å². The number of carbonyl (C=O) groups is 2. The predicted molar refractivity (Wildman–Crippen MR) is 87.0 cm³/mol. The Labute approximate surface area is 137 Å². The highest BCUT2D eigenvalue weighted by Crippen LogP contribution is 2.25. The predicted octanol–water partition coefficient (Wildman–Crippen LogP) is 4.43. The number of para-hydroxylation sites is 1. The topological polar surface area (TPSA) is 56.5 Å². The number of aryl methyl sites for hydroxylation is 1. The summed E-state index contributed by atoms with van der Waals surface area (Å²) in [6.45, 7) is 1.39. The zero-order valence-corrected chi connectivity index (χ0v) is 13.1. The van der Waals surface area contributed by atoms with E-state index in [9.17, 15) is 9.59 Å². The zero-order valence-electron chi connectivity index (χ0n) is 12.3. The quantitative estimate of drug-likeness (QED) is 0.525. The van der Waals surface area contributed by atoms with Gasteiger partial charge in [0.05, 0.1) is 5.02 Å². The van der Waals surface area contributed by atoms with Gasteiger partial charge >= 0.3 is 5.97 Å². The molecule has 1 aromatic heterocycles. The van der Waals surface area contributed by atoms with Crippen LogP contribution in [0.4, 0.5) is 0 Å². The second-order valence-electron chi connectivity index (χ2n) is 5.03. The highest BCUT2D eigenvalue weighted by Gasteiger charge is 2.20. The van der Waals surface area contributed by atoms with E-state index in [2.05, 4.69) is 0 Å². The number of hydrogen-bond acceptors (Lipinski definition) is 4. The first-order chi connectivity index (χ1) is 11.1. The highest BCUT2D eigenvalue weighted by atomic mass is 35.5. The van der Waals surface area contributed by atoms with Gasteiger partial charge in [-0.1, -0.05) is 41.9 Å². The number of hydrogen-bond donors (Lipinski definition) is 0. The molecule has 0 N–H and O–H groups in total. The Morgan fingerprint density at radius 2 is 1.78 bits per heavy atom. The number of halogens is 1. The lowest BCUT2D eigenvalue weighted by Crippen LogP contribution is -2.14. The maximum Gasteiger partial charge on any atom is 0.375 e. The minimum absolute atomic E-state index is 0.109. The number of benzene rings is 2. The number of furan rings is 1. The smallest absolute Gasteiger partial charge is 0.375 e. The van der Waals surface area contributed by atoms with Crippen molar-refractivity contribution in [3.05, 3.63) is 70.4 Å². The molecule has 0 aliphatic rings. The van der Waals surface area contributed by atoms with Crippen molar-refractivity contribution in [1.29, 1.82) is 0 Å². The first kappa shape index (κ1) is 15.3. The fourth-order valence-electron chi connectivity index (χ4n) is 2.33. The lowest BCUT2D eigenvalue weighted by molar-refractivity contribution is 0.0445. The molecule has 0 saturated heterocycles. The summed E-state index contributed by atoms with van der Waals surface area (Å²) in [5.74, 6) is -0.921. The summed E-state index contributed by atoms with van der Waals surface area (Å²) in [6.07, 6.45) is 0. The summed E-state index contributed by atoms with van der Waals surface area (Å²) in [6, 6.07) is 13.9. The lowest BCUT2D eigenvalue weighted by Gasteiger charge is -2.04. The normalized spacial score (nSPS) is 10.7. The molecular weight excluding hydrogens is 316 g/mol. The molecule has 1 heterocycles. The summed E-state index contributed by atoms with van der Waals surface area (Å²) in [5.41, 5.74) is 1.62. The molecule has 0 aliphatic heterocycles. The van der Waals surface area contributed by atoms with Gasteiger partial charge in [-0.15, -0.1) is 0 Å². The van der Waals surface area contributed by atoms with Gasteiger partial charge < -0.3 is 9.15 Å². The molecule has 0 fully saturated rings. The van der Waals surface area contributed by atoms with Crippen molar-refractivity contribution in [3.8, 4) is 0 Å². The van der Waals surface area contributed by atoms with E-state index >= 15 is 0 Å². The van der Waals surface area contributed by atoms with Crippen molar-refractivity contribution in [2.75, 3.05) is 6.61 Å². The fourth-order valence-corrected chi connectivity index (χ4v) is 2.57. The van der Waals surface area contributed by atoms with Gasteiger partial charge in [-0.2, -0.15) is 0 Å². The van der Waals surface area contributed by atoms with Crippen molar-refractivity contribution in [2.24, 2.45) is 0 Å². The van der Waals surface area contributed by atoms with E-state index in [1.807, 2.05) is 18.2 Å². The molecule has 3 aromatic rings. The molecule has 0 spiro atoms. The number of carbonyl (C=O) groups excluding carboxylic acids is 2. The van der Waals surface area contributed by atoms with Crippen LogP contribution in [0.25, 0.3) is 11.0 Å². The Hall–Kier alpha value is -2.59. The van der Waals surface area contributed by atoms with E-state index in [1.54, 1.807) is 37.3 Å². The van der Waals surface area contributed by atoms with Crippen molar-refractivity contribution in [2.45, 2.75) is 6.92 Å². The second-order valence-corrected chi connectivity index (χ2v) is 5.44. The SMILES string of the molecule is Cc1c(C(=O)OCC(=O)c2ccccc2Cl)oc2ccccc12. The number of Topliss-reactive ketones (excluding diaryl/α,β-unsaturated/α-hetero) is 1. The van der Waals surface area contributed by atoms with E-state index in [-0.39, 0.29) is 18.2 Å². The summed E-state index contributed by atoms with van der Waals surface area (Å²) in [7, 11) is 0. The number of fused-ring (bicyclic) bond motifs is 1. The van der Waals surface area contributed by atoms with Gasteiger partial charge in [-0.3, -0.25) is 4.79 Å². The average Bonchev–Trinajstić information content (AvgIpc) is 2.90. The standard InChI is InChI=1S/C18H13ClO4/c1-11-12-6-3-5-9-16(12)23-17(11)18(21)22-10-15(20)13-7-2-4-8-14(13)19/h2-9H,10H2,1H3. The van der Waals surface area contributed by atoms with Crippen LogP contribution >= 0.6 is 11.6 Å². The monoisotopic (exact) mass is 328 g/mol. The summed E-state index contributed by atoms with van der Waals surface area (Å²) < 4.78 is 10.6. The Morgan fingerprint density at radius 1 is 1.09 bits per heavy atom. The molecule has 5 heteroatoms. The molecule has 0 bridgehead atoms. The van der Waals surface area contributed by atoms with Crippen molar-refractivity contribution in [1.82, 2.24) is 0 Å². The second kappa shape index (κ2) is 6.26.